The molecule has 1 atom stereocenters. The van der Waals surface area contributed by atoms with E-state index in [1.807, 2.05) is 18.5 Å². The Morgan fingerprint density at radius 3 is 2.67 bits per heavy atom. The summed E-state index contributed by atoms with van der Waals surface area (Å²) in [5.41, 5.74) is 1.26. The average Bonchev–Trinajstić information content (AvgIpc) is 3.22. The fraction of sp³-hybridized carbons (Fsp3) is 0.500. The molecule has 1 aromatic heterocycles. The van der Waals surface area contributed by atoms with Gasteiger partial charge >= 0.3 is 0 Å². The van der Waals surface area contributed by atoms with Crippen LogP contribution in [0.25, 0.3) is 0 Å². The molecule has 27 heavy (non-hydrogen) atoms. The maximum Gasteiger partial charge on any atom is 0.191 e. The molecule has 0 radical (unpaired) electrons. The Labute approximate surface area is 186 Å². The normalized spacial score (nSPS) is 17.0. The molecule has 1 aliphatic rings. The van der Waals surface area contributed by atoms with Gasteiger partial charge in [-0.3, -0.25) is 0 Å². The summed E-state index contributed by atoms with van der Waals surface area (Å²) < 4.78 is 3.08. The third-order valence-corrected chi connectivity index (χ3v) is 5.16. The molecule has 0 saturated carbocycles. The molecule has 2 heterocycles. The molecule has 0 amide bonds. The van der Waals surface area contributed by atoms with Crippen molar-refractivity contribution in [3.05, 3.63) is 40.4 Å². The van der Waals surface area contributed by atoms with Crippen LogP contribution in [0.15, 0.2) is 33.7 Å². The van der Waals surface area contributed by atoms with Gasteiger partial charge in [0, 0.05) is 42.9 Å². The van der Waals surface area contributed by atoms with Gasteiger partial charge < -0.3 is 20.1 Å². The summed E-state index contributed by atoms with van der Waals surface area (Å²) in [5.74, 6) is 2.59. The van der Waals surface area contributed by atoms with Gasteiger partial charge in [0.15, 0.2) is 11.8 Å². The minimum Gasteiger partial charge on any atom is -0.369 e. The molecule has 2 N–H and O–H groups in total. The van der Waals surface area contributed by atoms with E-state index in [9.17, 15) is 0 Å². The van der Waals surface area contributed by atoms with Crippen LogP contribution in [-0.4, -0.2) is 46.4 Å². The lowest BCUT2D eigenvalue weighted by Gasteiger charge is -2.20. The number of benzene rings is 1. The zero-order valence-electron chi connectivity index (χ0n) is 15.9. The molecule has 0 spiro atoms. The van der Waals surface area contributed by atoms with Crippen molar-refractivity contribution in [2.75, 3.05) is 24.5 Å². The molecule has 148 valence electrons. The van der Waals surface area contributed by atoms with E-state index >= 15 is 0 Å². The van der Waals surface area contributed by atoms with Gasteiger partial charge in [-0.15, -0.1) is 34.2 Å². The Morgan fingerprint density at radius 2 is 2.04 bits per heavy atom. The highest BCUT2D eigenvalue weighted by Crippen LogP contribution is 2.22. The average molecular weight is 548 g/mol. The number of rotatable bonds is 5. The molecule has 7 nitrogen and oxygen atoms in total. The van der Waals surface area contributed by atoms with Crippen molar-refractivity contribution >= 4 is 51.6 Å². The molecule has 1 fully saturated rings. The Morgan fingerprint density at radius 1 is 1.30 bits per heavy atom. The van der Waals surface area contributed by atoms with E-state index in [0.717, 1.165) is 48.1 Å². The number of aliphatic imine (C=N–C) groups is 1. The predicted octanol–water partition coefficient (Wildman–Crippen LogP) is 2.84. The lowest BCUT2D eigenvalue weighted by molar-refractivity contribution is 0.646. The van der Waals surface area contributed by atoms with Gasteiger partial charge in [0.05, 0.1) is 0 Å². The van der Waals surface area contributed by atoms with Crippen LogP contribution in [0.2, 0.25) is 0 Å². The molecular formula is C18H27BrIN7. The number of guanidine groups is 1. The number of nitrogens with zero attached hydrogens (tertiary/aromatic N) is 5. The first-order valence-corrected chi connectivity index (χ1v) is 9.76. The van der Waals surface area contributed by atoms with Crippen molar-refractivity contribution < 1.29 is 0 Å². The Kier molecular flexibility index (Phi) is 8.33. The van der Waals surface area contributed by atoms with E-state index < -0.39 is 0 Å². The lowest BCUT2D eigenvalue weighted by atomic mass is 10.3. The highest BCUT2D eigenvalue weighted by molar-refractivity contribution is 14.0. The van der Waals surface area contributed by atoms with Crippen LogP contribution < -0.4 is 15.5 Å². The summed E-state index contributed by atoms with van der Waals surface area (Å²) in [5, 5.41) is 15.1. The number of aryl methyl sites for hydroxylation is 1. The van der Waals surface area contributed by atoms with E-state index in [0.29, 0.717) is 12.6 Å². The van der Waals surface area contributed by atoms with Crippen molar-refractivity contribution in [3.8, 4) is 0 Å². The molecule has 0 bridgehead atoms. The maximum absolute atomic E-state index is 4.68. The van der Waals surface area contributed by atoms with Crippen LogP contribution >= 0.6 is 39.9 Å². The second-order valence-electron chi connectivity index (χ2n) is 6.47. The topological polar surface area (TPSA) is 70.4 Å². The highest BCUT2D eigenvalue weighted by Gasteiger charge is 2.23. The molecule has 1 saturated heterocycles. The number of hydrogen-bond acceptors (Lipinski definition) is 4. The summed E-state index contributed by atoms with van der Waals surface area (Å²) >= 11 is 3.49. The van der Waals surface area contributed by atoms with E-state index in [1.165, 1.54) is 5.69 Å². The van der Waals surface area contributed by atoms with Crippen LogP contribution in [0.5, 0.6) is 0 Å². The highest BCUT2D eigenvalue weighted by atomic mass is 127. The number of aromatic nitrogens is 3. The van der Waals surface area contributed by atoms with Gasteiger partial charge in [-0.2, -0.15) is 0 Å². The summed E-state index contributed by atoms with van der Waals surface area (Å²) in [4.78, 5) is 7.08. The lowest BCUT2D eigenvalue weighted by Crippen LogP contribution is -2.44. The number of anilines is 1. The monoisotopic (exact) mass is 547 g/mol. The zero-order valence-corrected chi connectivity index (χ0v) is 19.9. The quantitative estimate of drug-likeness (QED) is 0.342. The second kappa shape index (κ2) is 10.3. The van der Waals surface area contributed by atoms with Gasteiger partial charge in [-0.1, -0.05) is 15.9 Å². The van der Waals surface area contributed by atoms with Gasteiger partial charge in [0.1, 0.15) is 12.4 Å². The van der Waals surface area contributed by atoms with Crippen molar-refractivity contribution in [1.82, 2.24) is 25.4 Å². The Hall–Kier alpha value is -1.36. The summed E-state index contributed by atoms with van der Waals surface area (Å²) in [7, 11) is 1.97. The molecular weight excluding hydrogens is 521 g/mol. The minimum atomic E-state index is 0. The van der Waals surface area contributed by atoms with Gasteiger partial charge in [-0.05, 0) is 44.5 Å². The predicted molar refractivity (Wildman–Crippen MR) is 124 cm³/mol. The fourth-order valence-corrected chi connectivity index (χ4v) is 3.28. The van der Waals surface area contributed by atoms with E-state index in [4.69, 9.17) is 0 Å². The third kappa shape index (κ3) is 5.81. The maximum atomic E-state index is 4.68. The van der Waals surface area contributed by atoms with Crippen LogP contribution in [0, 0.1) is 6.92 Å². The van der Waals surface area contributed by atoms with Crippen LogP contribution in [0.1, 0.15) is 25.0 Å². The second-order valence-corrected chi connectivity index (χ2v) is 7.39. The number of nitrogens with one attached hydrogen (secondary N) is 2. The standard InChI is InChI=1S/C18H26BrN7.HI/c1-4-20-18(21-11-17-24-23-13(2)25(17)3)22-15-9-10-26(12-15)16-7-5-14(19)6-8-16;/h5-8,15H,4,9-12H2,1-3H3,(H2,20,21,22);1H. The van der Waals surface area contributed by atoms with Crippen LogP contribution in [-0.2, 0) is 13.6 Å². The molecule has 2 aromatic rings. The van der Waals surface area contributed by atoms with E-state index in [1.54, 1.807) is 0 Å². The largest absolute Gasteiger partial charge is 0.369 e. The SMILES string of the molecule is CCNC(=NCc1nnc(C)n1C)NC1CCN(c2ccc(Br)cc2)C1.I. The molecule has 0 aliphatic carbocycles. The molecule has 3 rings (SSSR count). The summed E-state index contributed by atoms with van der Waals surface area (Å²) in [6.45, 7) is 7.37. The van der Waals surface area contributed by atoms with Crippen LogP contribution in [0.4, 0.5) is 5.69 Å². The van der Waals surface area contributed by atoms with Crippen molar-refractivity contribution in [1.29, 1.82) is 0 Å². The van der Waals surface area contributed by atoms with Crippen LogP contribution in [0.3, 0.4) is 0 Å². The van der Waals surface area contributed by atoms with E-state index in [-0.39, 0.29) is 24.0 Å². The van der Waals surface area contributed by atoms with Gasteiger partial charge in [0.25, 0.3) is 0 Å². The molecule has 9 heteroatoms. The first kappa shape index (κ1) is 21.9. The smallest absolute Gasteiger partial charge is 0.191 e. The van der Waals surface area contributed by atoms with Crippen molar-refractivity contribution in [2.45, 2.75) is 32.9 Å². The van der Waals surface area contributed by atoms with Crippen molar-refractivity contribution in [2.24, 2.45) is 12.0 Å². The number of hydrogen-bond donors (Lipinski definition) is 2. The van der Waals surface area contributed by atoms with Gasteiger partial charge in [-0.25, -0.2) is 4.99 Å². The summed E-state index contributed by atoms with van der Waals surface area (Å²) in [6, 6.07) is 8.86. The molecule has 1 aliphatic heterocycles. The Bertz CT molecular complexity index is 760. The molecule has 1 unspecified atom stereocenters. The first-order valence-electron chi connectivity index (χ1n) is 8.97. The summed E-state index contributed by atoms with van der Waals surface area (Å²) in [6.07, 6.45) is 1.09. The van der Waals surface area contributed by atoms with Gasteiger partial charge in [0.2, 0.25) is 0 Å². The minimum absolute atomic E-state index is 0. The number of halogens is 2. The third-order valence-electron chi connectivity index (χ3n) is 4.63. The zero-order chi connectivity index (χ0) is 18.5. The van der Waals surface area contributed by atoms with Crippen molar-refractivity contribution in [3.63, 3.8) is 0 Å². The first-order chi connectivity index (χ1) is 12.6. The fourth-order valence-electron chi connectivity index (χ4n) is 3.02. The Balaban J connectivity index is 0.00000261. The molecule has 1 aromatic carbocycles. The van der Waals surface area contributed by atoms with E-state index in [2.05, 4.69) is 77.8 Å².